The molecule has 1 unspecified atom stereocenters. The lowest BCUT2D eigenvalue weighted by Gasteiger charge is -2.35. The fourth-order valence-electron chi connectivity index (χ4n) is 4.09. The number of imidazole rings is 1. The maximum absolute atomic E-state index is 13.6. The van der Waals surface area contributed by atoms with Crippen molar-refractivity contribution < 1.29 is 4.39 Å². The van der Waals surface area contributed by atoms with Crippen LogP contribution in [0.3, 0.4) is 0 Å². The summed E-state index contributed by atoms with van der Waals surface area (Å²) in [6.45, 7) is 0. The van der Waals surface area contributed by atoms with Gasteiger partial charge in [-0.1, -0.05) is 18.1 Å². The first-order valence-corrected chi connectivity index (χ1v) is 7.06. The molecule has 3 heteroatoms. The summed E-state index contributed by atoms with van der Waals surface area (Å²) >= 11 is 0. The molecule has 1 aromatic rings. The highest BCUT2D eigenvalue weighted by atomic mass is 19.1. The van der Waals surface area contributed by atoms with Gasteiger partial charge in [-0.15, -0.1) is 0 Å². The summed E-state index contributed by atoms with van der Waals surface area (Å²) in [5.41, 5.74) is 5.37. The van der Waals surface area contributed by atoms with Crippen molar-refractivity contribution in [1.29, 1.82) is 0 Å². The second kappa shape index (κ2) is 3.92. The number of H-pyrrole nitrogens is 1. The van der Waals surface area contributed by atoms with Gasteiger partial charge in [-0.3, -0.25) is 0 Å². The van der Waals surface area contributed by atoms with Gasteiger partial charge in [0.25, 0.3) is 0 Å². The van der Waals surface area contributed by atoms with Gasteiger partial charge in [0.05, 0.1) is 6.33 Å². The molecule has 1 saturated carbocycles. The number of halogens is 1. The van der Waals surface area contributed by atoms with Crippen molar-refractivity contribution in [3.05, 3.63) is 52.9 Å². The summed E-state index contributed by atoms with van der Waals surface area (Å²) in [5.74, 6) is -0.00256. The highest BCUT2D eigenvalue weighted by molar-refractivity contribution is 5.56. The molecule has 19 heavy (non-hydrogen) atoms. The maximum atomic E-state index is 13.6. The number of rotatable bonds is 1. The molecule has 0 amide bonds. The van der Waals surface area contributed by atoms with Crippen LogP contribution in [0.1, 0.15) is 44.2 Å². The van der Waals surface area contributed by atoms with E-state index in [4.69, 9.17) is 0 Å². The molecule has 0 aromatic carbocycles. The zero-order valence-corrected chi connectivity index (χ0v) is 10.9. The fourth-order valence-corrected chi connectivity index (χ4v) is 4.09. The monoisotopic (exact) mass is 256 g/mol. The normalized spacial score (nSPS) is 29.7. The van der Waals surface area contributed by atoms with Crippen LogP contribution >= 0.6 is 0 Å². The number of aromatic amines is 1. The van der Waals surface area contributed by atoms with Crippen LogP contribution in [0.5, 0.6) is 0 Å². The van der Waals surface area contributed by atoms with Crippen molar-refractivity contribution in [3.8, 4) is 0 Å². The standard InChI is InChI=1S/C16H17FN2/c17-12-5-4-11-8-16(15-9-18-10-19-15)6-2-1-3-14(16)13(11)7-12/h4-5,9-10H,1-3,6-8H2,(H,18,19). The predicted molar refractivity (Wildman–Crippen MR) is 72.3 cm³/mol. The van der Waals surface area contributed by atoms with Gasteiger partial charge in [0.1, 0.15) is 5.83 Å². The number of allylic oxidation sites excluding steroid dienone is 6. The third-order valence-corrected chi connectivity index (χ3v) is 4.93. The van der Waals surface area contributed by atoms with E-state index in [1.807, 2.05) is 12.3 Å². The molecular formula is C16H17FN2. The summed E-state index contributed by atoms with van der Waals surface area (Å²) in [6.07, 6.45) is 13.6. The van der Waals surface area contributed by atoms with E-state index in [0.717, 1.165) is 19.3 Å². The Hall–Kier alpha value is -1.64. The van der Waals surface area contributed by atoms with Crippen molar-refractivity contribution in [1.82, 2.24) is 9.97 Å². The Morgan fingerprint density at radius 3 is 3.05 bits per heavy atom. The average Bonchev–Trinajstić information content (AvgIpc) is 3.04. The summed E-state index contributed by atoms with van der Waals surface area (Å²) in [7, 11) is 0. The van der Waals surface area contributed by atoms with E-state index in [2.05, 4.69) is 9.97 Å². The molecule has 1 N–H and O–H groups in total. The third kappa shape index (κ3) is 1.50. The van der Waals surface area contributed by atoms with Crippen LogP contribution in [0, 0.1) is 0 Å². The highest BCUT2D eigenvalue weighted by Gasteiger charge is 2.46. The van der Waals surface area contributed by atoms with Gasteiger partial charge in [0.15, 0.2) is 0 Å². The van der Waals surface area contributed by atoms with Crippen molar-refractivity contribution in [3.63, 3.8) is 0 Å². The Bertz CT molecular complexity index is 607. The smallest absolute Gasteiger partial charge is 0.104 e. The molecule has 1 heterocycles. The Kier molecular flexibility index (Phi) is 2.32. The van der Waals surface area contributed by atoms with Gasteiger partial charge in [0, 0.05) is 23.7 Å². The van der Waals surface area contributed by atoms with E-state index in [0.29, 0.717) is 6.42 Å². The zero-order valence-electron chi connectivity index (χ0n) is 10.9. The quantitative estimate of drug-likeness (QED) is 0.805. The number of fused-ring (bicyclic) bond motifs is 2. The van der Waals surface area contributed by atoms with E-state index in [9.17, 15) is 4.39 Å². The molecule has 98 valence electrons. The lowest BCUT2D eigenvalue weighted by Crippen LogP contribution is -2.29. The first-order chi connectivity index (χ1) is 9.29. The zero-order chi connectivity index (χ0) is 12.9. The van der Waals surface area contributed by atoms with E-state index in [-0.39, 0.29) is 11.2 Å². The second-order valence-electron chi connectivity index (χ2n) is 5.87. The van der Waals surface area contributed by atoms with Crippen LogP contribution < -0.4 is 0 Å². The minimum Gasteiger partial charge on any atom is -0.348 e. The number of hydrogen-bond acceptors (Lipinski definition) is 1. The lowest BCUT2D eigenvalue weighted by atomic mass is 9.69. The van der Waals surface area contributed by atoms with Crippen LogP contribution in [-0.4, -0.2) is 9.97 Å². The summed E-state index contributed by atoms with van der Waals surface area (Å²) in [6, 6.07) is 0. The third-order valence-electron chi connectivity index (χ3n) is 4.93. The first-order valence-electron chi connectivity index (χ1n) is 7.06. The average molecular weight is 256 g/mol. The molecule has 0 spiro atoms. The van der Waals surface area contributed by atoms with Crippen LogP contribution in [0.4, 0.5) is 4.39 Å². The van der Waals surface area contributed by atoms with Gasteiger partial charge in [0.2, 0.25) is 0 Å². The fraction of sp³-hybridized carbons (Fsp3) is 0.438. The Labute approximate surface area is 112 Å². The van der Waals surface area contributed by atoms with E-state index in [1.54, 1.807) is 12.4 Å². The highest BCUT2D eigenvalue weighted by Crippen LogP contribution is 2.56. The largest absolute Gasteiger partial charge is 0.348 e. The molecule has 0 radical (unpaired) electrons. The molecule has 1 aromatic heterocycles. The number of hydrogen-bond donors (Lipinski definition) is 1. The molecule has 1 atom stereocenters. The minimum atomic E-state index is -0.00256. The first kappa shape index (κ1) is 11.2. The van der Waals surface area contributed by atoms with Crippen LogP contribution in [0.2, 0.25) is 0 Å². The molecular weight excluding hydrogens is 239 g/mol. The van der Waals surface area contributed by atoms with Gasteiger partial charge < -0.3 is 4.98 Å². The van der Waals surface area contributed by atoms with Crippen LogP contribution in [0.15, 0.2) is 47.2 Å². The van der Waals surface area contributed by atoms with E-state index < -0.39 is 0 Å². The van der Waals surface area contributed by atoms with Crippen LogP contribution in [-0.2, 0) is 5.41 Å². The number of nitrogens with one attached hydrogen (secondary N) is 1. The van der Waals surface area contributed by atoms with Crippen LogP contribution in [0.25, 0.3) is 0 Å². The maximum Gasteiger partial charge on any atom is 0.104 e. The molecule has 3 aliphatic carbocycles. The van der Waals surface area contributed by atoms with Gasteiger partial charge in [-0.2, -0.15) is 0 Å². The minimum absolute atomic E-state index is 0.00256. The molecule has 4 rings (SSSR count). The molecule has 0 saturated heterocycles. The number of aromatic nitrogens is 2. The summed E-state index contributed by atoms with van der Waals surface area (Å²) < 4.78 is 13.6. The molecule has 3 aliphatic rings. The predicted octanol–water partition coefficient (Wildman–Crippen LogP) is 4.11. The Morgan fingerprint density at radius 1 is 1.26 bits per heavy atom. The second-order valence-corrected chi connectivity index (χ2v) is 5.87. The Balaban J connectivity index is 1.88. The SMILES string of the molecule is FC1=CC=C2CC3(c4cnc[nH]4)CCCCC3=C2C1. The van der Waals surface area contributed by atoms with Gasteiger partial charge >= 0.3 is 0 Å². The van der Waals surface area contributed by atoms with E-state index in [1.165, 1.54) is 35.3 Å². The summed E-state index contributed by atoms with van der Waals surface area (Å²) in [4.78, 5) is 7.51. The van der Waals surface area contributed by atoms with Gasteiger partial charge in [-0.05, 0) is 42.9 Å². The van der Waals surface area contributed by atoms with Crippen molar-refractivity contribution in [2.45, 2.75) is 43.9 Å². The molecule has 0 aliphatic heterocycles. The van der Waals surface area contributed by atoms with Crippen molar-refractivity contribution in [2.75, 3.05) is 0 Å². The molecule has 1 fully saturated rings. The number of nitrogens with zero attached hydrogens (tertiary/aromatic N) is 1. The lowest BCUT2D eigenvalue weighted by molar-refractivity contribution is 0.388. The summed E-state index contributed by atoms with van der Waals surface area (Å²) in [5, 5.41) is 0. The topological polar surface area (TPSA) is 28.7 Å². The molecule has 2 nitrogen and oxygen atoms in total. The van der Waals surface area contributed by atoms with Gasteiger partial charge in [-0.25, -0.2) is 9.37 Å². The molecule has 0 bridgehead atoms. The Morgan fingerprint density at radius 2 is 2.21 bits per heavy atom. The van der Waals surface area contributed by atoms with Crippen molar-refractivity contribution in [2.24, 2.45) is 0 Å². The van der Waals surface area contributed by atoms with E-state index >= 15 is 0 Å². The van der Waals surface area contributed by atoms with Crippen molar-refractivity contribution >= 4 is 0 Å².